The molecule has 204 valence electrons. The summed E-state index contributed by atoms with van der Waals surface area (Å²) in [6, 6.07) is 0. The van der Waals surface area contributed by atoms with Crippen molar-refractivity contribution in [3.63, 3.8) is 0 Å². The van der Waals surface area contributed by atoms with Crippen LogP contribution < -0.4 is 21.7 Å². The van der Waals surface area contributed by atoms with E-state index in [0.29, 0.717) is 65.0 Å². The topological polar surface area (TPSA) is 152 Å². The Balaban J connectivity index is 3.98. The van der Waals surface area contributed by atoms with Gasteiger partial charge in [-0.3, -0.25) is 9.59 Å². The van der Waals surface area contributed by atoms with Crippen molar-refractivity contribution in [3.8, 4) is 0 Å². The van der Waals surface area contributed by atoms with E-state index in [1.54, 1.807) is 41.5 Å². The number of amides is 3. The van der Waals surface area contributed by atoms with Crippen LogP contribution in [0.2, 0.25) is 0 Å². The quantitative estimate of drug-likeness (QED) is 0.234. The molecule has 0 aromatic rings. The van der Waals surface area contributed by atoms with Gasteiger partial charge in [-0.15, -0.1) is 0 Å². The molecule has 0 aliphatic carbocycles. The number of nitrogens with zero attached hydrogens (tertiary/aromatic N) is 1. The second-order valence-electron chi connectivity index (χ2n) is 10.3. The molecule has 0 aromatic heterocycles. The van der Waals surface area contributed by atoms with E-state index in [4.69, 9.17) is 15.2 Å². The molecular weight excluding hydrogens is 454 g/mol. The van der Waals surface area contributed by atoms with Crippen LogP contribution in [-0.2, 0) is 19.1 Å². The Morgan fingerprint density at radius 3 is 1.69 bits per heavy atom. The summed E-state index contributed by atoms with van der Waals surface area (Å²) in [6.07, 6.45) is 1.36. The first-order valence-electron chi connectivity index (χ1n) is 12.4. The summed E-state index contributed by atoms with van der Waals surface area (Å²) < 4.78 is 10.3. The van der Waals surface area contributed by atoms with Crippen LogP contribution in [0.4, 0.5) is 9.59 Å². The van der Waals surface area contributed by atoms with Crippen molar-refractivity contribution in [3.05, 3.63) is 0 Å². The van der Waals surface area contributed by atoms with Crippen LogP contribution in [0, 0.1) is 0 Å². The molecule has 5 N–H and O–H groups in total. The lowest BCUT2D eigenvalue weighted by atomic mass is 10.1. The van der Waals surface area contributed by atoms with Crippen LogP contribution in [0.25, 0.3) is 0 Å². The average Bonchev–Trinajstić information content (AvgIpc) is 2.68. The average molecular weight is 502 g/mol. The van der Waals surface area contributed by atoms with Gasteiger partial charge in [-0.1, -0.05) is 0 Å². The van der Waals surface area contributed by atoms with Gasteiger partial charge in [0.05, 0.1) is 0 Å². The lowest BCUT2D eigenvalue weighted by Gasteiger charge is -2.21. The van der Waals surface area contributed by atoms with Gasteiger partial charge in [0.1, 0.15) is 17.0 Å². The summed E-state index contributed by atoms with van der Waals surface area (Å²) in [4.78, 5) is 49.4. The Morgan fingerprint density at radius 1 is 0.686 bits per heavy atom. The molecule has 0 fully saturated rings. The normalized spacial score (nSPS) is 11.7. The Labute approximate surface area is 210 Å². The number of ketones is 1. The zero-order chi connectivity index (χ0) is 26.9. The van der Waals surface area contributed by atoms with Gasteiger partial charge in [-0.25, -0.2) is 9.59 Å². The molecule has 35 heavy (non-hydrogen) atoms. The van der Waals surface area contributed by atoms with Crippen LogP contribution in [0.1, 0.15) is 73.6 Å². The van der Waals surface area contributed by atoms with Gasteiger partial charge in [-0.05, 0) is 67.5 Å². The van der Waals surface area contributed by atoms with Crippen molar-refractivity contribution in [1.29, 1.82) is 0 Å². The first-order valence-corrected chi connectivity index (χ1v) is 12.4. The third-order valence-corrected chi connectivity index (χ3v) is 4.44. The minimum Gasteiger partial charge on any atom is -0.444 e. The van der Waals surface area contributed by atoms with Gasteiger partial charge >= 0.3 is 12.2 Å². The van der Waals surface area contributed by atoms with E-state index >= 15 is 0 Å². The van der Waals surface area contributed by atoms with Gasteiger partial charge < -0.3 is 36.1 Å². The van der Waals surface area contributed by atoms with Gasteiger partial charge in [-0.2, -0.15) is 0 Å². The van der Waals surface area contributed by atoms with Crippen LogP contribution in [0.5, 0.6) is 0 Å². The van der Waals surface area contributed by atoms with Crippen LogP contribution in [0.3, 0.4) is 0 Å². The summed E-state index contributed by atoms with van der Waals surface area (Å²) in [5, 5.41) is 7.95. The monoisotopic (exact) mass is 501 g/mol. The van der Waals surface area contributed by atoms with E-state index in [1.807, 2.05) is 0 Å². The molecule has 0 aliphatic rings. The van der Waals surface area contributed by atoms with E-state index in [0.717, 1.165) is 0 Å². The minimum atomic E-state index is -0.569. The molecule has 0 aliphatic heterocycles. The minimum absolute atomic E-state index is 0.0770. The van der Waals surface area contributed by atoms with E-state index in [1.165, 1.54) is 0 Å². The van der Waals surface area contributed by atoms with E-state index < -0.39 is 23.4 Å². The molecule has 11 heteroatoms. The molecule has 0 saturated carbocycles. The van der Waals surface area contributed by atoms with Crippen molar-refractivity contribution in [1.82, 2.24) is 20.9 Å². The summed E-state index contributed by atoms with van der Waals surface area (Å²) in [7, 11) is 0. The molecule has 0 radical (unpaired) electrons. The molecular formula is C24H47N5O6. The molecule has 0 bridgehead atoms. The lowest BCUT2D eigenvalue weighted by Crippen LogP contribution is -2.38. The zero-order valence-corrected chi connectivity index (χ0v) is 22.5. The maximum atomic E-state index is 12.1. The predicted molar refractivity (Wildman–Crippen MR) is 135 cm³/mol. The molecule has 3 amide bonds. The van der Waals surface area contributed by atoms with E-state index in [9.17, 15) is 19.2 Å². The fourth-order valence-corrected chi connectivity index (χ4v) is 2.99. The summed E-state index contributed by atoms with van der Waals surface area (Å²) in [5.74, 6) is -0.00974. The number of alkyl carbamates (subject to hydrolysis) is 2. The van der Waals surface area contributed by atoms with Gasteiger partial charge in [0.25, 0.3) is 0 Å². The van der Waals surface area contributed by atoms with Crippen LogP contribution in [0.15, 0.2) is 0 Å². The molecule has 0 atom stereocenters. The van der Waals surface area contributed by atoms with Gasteiger partial charge in [0.15, 0.2) is 0 Å². The Kier molecular flexibility index (Phi) is 15.9. The van der Waals surface area contributed by atoms with Gasteiger partial charge in [0, 0.05) is 52.0 Å². The molecule has 0 unspecified atom stereocenters. The molecule has 11 nitrogen and oxygen atoms in total. The molecule has 0 heterocycles. The number of hydrogen-bond acceptors (Lipinski definition) is 8. The Morgan fingerprint density at radius 2 is 1.17 bits per heavy atom. The second kappa shape index (κ2) is 17.1. The first-order chi connectivity index (χ1) is 16.2. The van der Waals surface area contributed by atoms with Crippen molar-refractivity contribution in [2.75, 3.05) is 45.8 Å². The zero-order valence-electron chi connectivity index (χ0n) is 22.5. The molecule has 0 aromatic carbocycles. The number of nitrogens with two attached hydrogens (primary N) is 1. The highest BCUT2D eigenvalue weighted by atomic mass is 16.6. The number of Topliss-reactive ketones (excluding diaryl/α,β-unsaturated/α-hetero) is 1. The fraction of sp³-hybridized carbons (Fsp3) is 0.833. The van der Waals surface area contributed by atoms with Crippen LogP contribution >= 0.6 is 0 Å². The van der Waals surface area contributed by atoms with Crippen molar-refractivity contribution in [2.45, 2.75) is 84.8 Å². The largest absolute Gasteiger partial charge is 0.444 e. The number of ether oxygens (including phenoxy) is 2. The third-order valence-electron chi connectivity index (χ3n) is 4.44. The number of carbonyl (C=O) groups is 4. The Hall–Kier alpha value is -2.40. The second-order valence-corrected chi connectivity index (χ2v) is 10.3. The summed E-state index contributed by atoms with van der Waals surface area (Å²) in [5.41, 5.74) is 4.56. The van der Waals surface area contributed by atoms with E-state index in [2.05, 4.69) is 20.9 Å². The smallest absolute Gasteiger partial charge is 0.407 e. The predicted octanol–water partition coefficient (Wildman–Crippen LogP) is 1.93. The molecule has 0 spiro atoms. The summed E-state index contributed by atoms with van der Waals surface area (Å²) >= 11 is 0. The summed E-state index contributed by atoms with van der Waals surface area (Å²) in [6.45, 7) is 14.2. The number of carbonyl (C=O) groups excluding carboxylic acids is 4. The van der Waals surface area contributed by atoms with Crippen molar-refractivity contribution in [2.24, 2.45) is 5.73 Å². The highest BCUT2D eigenvalue weighted by Crippen LogP contribution is 2.07. The number of rotatable bonds is 16. The third kappa shape index (κ3) is 21.8. The van der Waals surface area contributed by atoms with Crippen molar-refractivity contribution >= 4 is 23.9 Å². The van der Waals surface area contributed by atoms with E-state index in [-0.39, 0.29) is 24.7 Å². The standard InChI is InChI=1S/C24H47N5O6/c1-23(2,3)34-21(32)27-13-11-19(30)9-7-16-29(18-12-25)17-8-10-20(31)26-14-15-28-22(33)35-24(4,5)6/h7-18,25H2,1-6H3,(H,26,31)(H,27,32)(H,28,33). The molecule has 0 saturated heterocycles. The first kappa shape index (κ1) is 32.6. The lowest BCUT2D eigenvalue weighted by molar-refractivity contribution is -0.121. The fourth-order valence-electron chi connectivity index (χ4n) is 2.99. The highest BCUT2D eigenvalue weighted by molar-refractivity contribution is 5.79. The Bertz CT molecular complexity index is 658. The SMILES string of the molecule is CC(C)(C)OC(=O)NCCNC(=O)CCCN(CCN)CCCC(=O)CCNC(=O)OC(C)(C)C. The maximum Gasteiger partial charge on any atom is 0.407 e. The van der Waals surface area contributed by atoms with Crippen LogP contribution in [-0.4, -0.2) is 85.8 Å². The number of hydrogen-bond donors (Lipinski definition) is 4. The number of nitrogens with one attached hydrogen (secondary N) is 3. The van der Waals surface area contributed by atoms with Crippen molar-refractivity contribution < 1.29 is 28.7 Å². The van der Waals surface area contributed by atoms with Gasteiger partial charge in [0.2, 0.25) is 5.91 Å². The highest BCUT2D eigenvalue weighted by Gasteiger charge is 2.17. The molecule has 0 rings (SSSR count). The maximum absolute atomic E-state index is 12.1.